The average Bonchev–Trinajstić information content (AvgIpc) is 3.49. The number of terminal acetylenes is 2. The fraction of sp³-hybridized carbons (Fsp3) is 0.683. The molecule has 0 aliphatic heterocycles. The second-order valence-corrected chi connectivity index (χ2v) is 16.2. The quantitative estimate of drug-likeness (QED) is 0.255. The van der Waals surface area contributed by atoms with Crippen molar-refractivity contribution in [1.29, 1.82) is 0 Å². The molecule has 0 heterocycles. The molecule has 0 bridgehead atoms. The molecule has 0 spiro atoms. The van der Waals surface area contributed by atoms with E-state index in [9.17, 15) is 15.0 Å². The molecule has 0 aromatic heterocycles. The smallest absolute Gasteiger partial charge is 0.137 e. The van der Waals surface area contributed by atoms with E-state index < -0.39 is 11.2 Å². The first-order chi connectivity index (χ1) is 21.5. The Kier molecular flexibility index (Phi) is 7.62. The van der Waals surface area contributed by atoms with Crippen molar-refractivity contribution < 1.29 is 19.7 Å². The summed E-state index contributed by atoms with van der Waals surface area (Å²) in [6.07, 6.45) is 26.5. The first-order valence-electron chi connectivity index (χ1n) is 17.8. The van der Waals surface area contributed by atoms with Crippen molar-refractivity contribution >= 4 is 5.78 Å². The first-order valence-corrected chi connectivity index (χ1v) is 17.8. The molecular weight excluding hydrogens is 556 g/mol. The Morgan fingerprint density at radius 1 is 0.778 bits per heavy atom. The second kappa shape index (κ2) is 11.0. The Labute approximate surface area is 270 Å². The van der Waals surface area contributed by atoms with E-state index in [4.69, 9.17) is 17.6 Å². The van der Waals surface area contributed by atoms with E-state index in [-0.39, 0.29) is 10.8 Å². The van der Waals surface area contributed by atoms with Crippen molar-refractivity contribution in [2.45, 2.75) is 127 Å². The number of allylic oxidation sites excluding steroid dienone is 2. The molecule has 0 amide bonds. The molecule has 4 fully saturated rings. The van der Waals surface area contributed by atoms with Crippen LogP contribution in [0.4, 0.5) is 0 Å². The summed E-state index contributed by atoms with van der Waals surface area (Å²) >= 11 is 0. The van der Waals surface area contributed by atoms with E-state index in [0.29, 0.717) is 41.3 Å². The Hall–Kier alpha value is -2.53. The third-order valence-corrected chi connectivity index (χ3v) is 14.9. The monoisotopic (exact) mass is 608 g/mol. The second-order valence-electron chi connectivity index (χ2n) is 16.2. The van der Waals surface area contributed by atoms with Gasteiger partial charge in [0.2, 0.25) is 0 Å². The molecule has 8 rings (SSSR count). The lowest BCUT2D eigenvalue weighted by Crippen LogP contribution is -2.50. The van der Waals surface area contributed by atoms with Crippen molar-refractivity contribution in [3.8, 4) is 30.4 Å². The van der Waals surface area contributed by atoms with Crippen LogP contribution in [0.3, 0.4) is 0 Å². The number of carbonyl (C=O) groups excluding carboxylic acids is 1. The van der Waals surface area contributed by atoms with Gasteiger partial charge in [-0.15, -0.1) is 12.8 Å². The molecule has 1 aromatic rings. The fourth-order valence-corrected chi connectivity index (χ4v) is 12.2. The maximum absolute atomic E-state index is 11.7. The molecule has 7 aliphatic carbocycles. The van der Waals surface area contributed by atoms with Crippen LogP contribution < -0.4 is 4.74 Å². The highest BCUT2D eigenvalue weighted by atomic mass is 16.5. The van der Waals surface area contributed by atoms with Gasteiger partial charge in [0, 0.05) is 23.7 Å². The molecule has 45 heavy (non-hydrogen) atoms. The number of ether oxygens (including phenoxy) is 1. The molecule has 0 radical (unpaired) electrons. The average molecular weight is 609 g/mol. The number of carbonyl (C=O) groups is 1. The minimum atomic E-state index is -0.903. The van der Waals surface area contributed by atoms with E-state index in [1.807, 2.05) is 0 Å². The zero-order chi connectivity index (χ0) is 31.8. The highest BCUT2D eigenvalue weighted by Crippen LogP contribution is 2.65. The molecule has 4 saturated carbocycles. The fourth-order valence-electron chi connectivity index (χ4n) is 12.2. The lowest BCUT2D eigenvalue weighted by atomic mass is 9.52. The lowest BCUT2D eigenvalue weighted by molar-refractivity contribution is -0.119. The first kappa shape index (κ1) is 31.1. The number of methoxy groups -OCH3 is 1. The Morgan fingerprint density at radius 3 is 2.00 bits per heavy atom. The van der Waals surface area contributed by atoms with Gasteiger partial charge in [-0.3, -0.25) is 4.79 Å². The Bertz CT molecular complexity index is 1490. The van der Waals surface area contributed by atoms with Crippen molar-refractivity contribution in [1.82, 2.24) is 0 Å². The van der Waals surface area contributed by atoms with Crippen LogP contribution in [0.25, 0.3) is 0 Å². The van der Waals surface area contributed by atoms with Crippen LogP contribution >= 0.6 is 0 Å². The predicted molar refractivity (Wildman–Crippen MR) is 177 cm³/mol. The highest BCUT2D eigenvalue weighted by Gasteiger charge is 2.62. The van der Waals surface area contributed by atoms with Crippen LogP contribution in [0.2, 0.25) is 0 Å². The van der Waals surface area contributed by atoms with Gasteiger partial charge in [0.1, 0.15) is 22.7 Å². The van der Waals surface area contributed by atoms with E-state index in [2.05, 4.69) is 43.9 Å². The summed E-state index contributed by atoms with van der Waals surface area (Å²) in [6.45, 7) is 4.47. The van der Waals surface area contributed by atoms with Gasteiger partial charge in [-0.1, -0.05) is 42.9 Å². The number of aliphatic hydroxyl groups is 2. The number of ketones is 1. The van der Waals surface area contributed by atoms with E-state index in [1.165, 1.54) is 29.5 Å². The molecule has 7 aliphatic rings. The van der Waals surface area contributed by atoms with Gasteiger partial charge in [-0.05, 0) is 142 Å². The van der Waals surface area contributed by atoms with Crippen molar-refractivity contribution in [2.75, 3.05) is 7.11 Å². The van der Waals surface area contributed by atoms with Crippen LogP contribution in [0, 0.1) is 65.1 Å². The topological polar surface area (TPSA) is 66.8 Å². The van der Waals surface area contributed by atoms with Gasteiger partial charge in [-0.25, -0.2) is 0 Å². The summed E-state index contributed by atoms with van der Waals surface area (Å²) in [4.78, 5) is 11.7. The summed E-state index contributed by atoms with van der Waals surface area (Å²) in [5, 5.41) is 21.9. The molecular formula is C41H52O4. The Balaban J connectivity index is 0.000000145. The van der Waals surface area contributed by atoms with Crippen LogP contribution in [0.15, 0.2) is 29.3 Å². The summed E-state index contributed by atoms with van der Waals surface area (Å²) < 4.78 is 5.39. The lowest BCUT2D eigenvalue weighted by Gasteiger charge is -2.53. The minimum Gasteiger partial charge on any atom is -0.497 e. The normalized spacial score (nSPS) is 44.4. The van der Waals surface area contributed by atoms with Crippen LogP contribution in [0.5, 0.6) is 5.75 Å². The number of rotatable bonds is 1. The number of fused-ring (bicyclic) bond motifs is 9. The molecule has 240 valence electrons. The van der Waals surface area contributed by atoms with E-state index in [1.54, 1.807) is 12.7 Å². The van der Waals surface area contributed by atoms with Crippen LogP contribution in [0.1, 0.15) is 121 Å². The zero-order valence-corrected chi connectivity index (χ0v) is 27.7. The number of benzene rings is 1. The number of hydrogen-bond donors (Lipinski definition) is 2. The summed E-state index contributed by atoms with van der Waals surface area (Å²) in [5.74, 6) is 10.6. The molecule has 4 nitrogen and oxygen atoms in total. The molecule has 0 saturated heterocycles. The zero-order valence-electron chi connectivity index (χ0n) is 27.7. The van der Waals surface area contributed by atoms with Gasteiger partial charge in [0.25, 0.3) is 0 Å². The third kappa shape index (κ3) is 4.53. The van der Waals surface area contributed by atoms with Gasteiger partial charge in [0.05, 0.1) is 7.11 Å². The van der Waals surface area contributed by atoms with Crippen molar-refractivity contribution in [3.63, 3.8) is 0 Å². The summed E-state index contributed by atoms with van der Waals surface area (Å²) in [7, 11) is 1.73. The van der Waals surface area contributed by atoms with Gasteiger partial charge in [-0.2, -0.15) is 0 Å². The van der Waals surface area contributed by atoms with Gasteiger partial charge < -0.3 is 14.9 Å². The van der Waals surface area contributed by atoms with E-state index >= 15 is 0 Å². The standard InChI is InChI=1S/C21H26O2.C20H26O2/c1-4-21(22)12-10-19-18-7-5-14-13-15(23-3)6-8-16(14)17(18)9-11-20(19,21)2;1-3-20(22)11-9-18-17-6-4-13-12-14(21)5-7-15(13)16(17)8-10-19(18,20)2/h1,6,8,13,17-19,22H,5,7,9-12H2,2-3H3;1,16-18,22H,4-12H2,2H3/t17-,18-,19+,20+,21+;16-,17-,18+,19+,20-/m11/s1. The number of hydrogen-bond acceptors (Lipinski definition) is 4. The minimum absolute atomic E-state index is 0.104. The van der Waals surface area contributed by atoms with Crippen molar-refractivity contribution in [3.05, 3.63) is 40.5 Å². The SMILES string of the molecule is C#C[C@@]1(O)CC[C@H]2[C@@H]3CCC4=C(CCC(=O)C4)[C@H]3CC[C@@]21C.C#C[C@]1(O)CC[C@H]2[C@@H]3CCc4cc(OC)ccc4[C@H]3CC[C@@]21C. The largest absolute Gasteiger partial charge is 0.497 e. The molecule has 10 atom stereocenters. The van der Waals surface area contributed by atoms with Crippen LogP contribution in [-0.4, -0.2) is 34.3 Å². The third-order valence-electron chi connectivity index (χ3n) is 14.9. The maximum atomic E-state index is 11.7. The molecule has 0 unspecified atom stereocenters. The molecule has 2 N–H and O–H groups in total. The highest BCUT2D eigenvalue weighted by molar-refractivity contribution is 5.82. The van der Waals surface area contributed by atoms with Gasteiger partial charge in [0.15, 0.2) is 0 Å². The summed E-state index contributed by atoms with van der Waals surface area (Å²) in [6, 6.07) is 6.59. The predicted octanol–water partition coefficient (Wildman–Crippen LogP) is 7.55. The van der Waals surface area contributed by atoms with Gasteiger partial charge >= 0.3 is 0 Å². The van der Waals surface area contributed by atoms with Crippen LogP contribution in [-0.2, 0) is 11.2 Å². The Morgan fingerprint density at radius 2 is 1.38 bits per heavy atom. The summed E-state index contributed by atoms with van der Waals surface area (Å²) in [5.41, 5.74) is 4.04. The maximum Gasteiger partial charge on any atom is 0.137 e. The molecule has 1 aromatic carbocycles. The van der Waals surface area contributed by atoms with Crippen molar-refractivity contribution in [2.24, 2.45) is 40.4 Å². The number of Topliss-reactive ketones (excluding diaryl/α,β-unsaturated/α-hetero) is 1. The number of aryl methyl sites for hydroxylation is 1. The molecule has 4 heteroatoms. The van der Waals surface area contributed by atoms with E-state index in [0.717, 1.165) is 89.2 Å².